The number of hydrogen-bond acceptors (Lipinski definition) is 4. The zero-order chi connectivity index (χ0) is 19.8. The first kappa shape index (κ1) is 18.0. The molecule has 1 amide bonds. The summed E-state index contributed by atoms with van der Waals surface area (Å²) >= 11 is 0. The van der Waals surface area contributed by atoms with E-state index >= 15 is 0 Å². The summed E-state index contributed by atoms with van der Waals surface area (Å²) in [5, 5.41) is 17.2. The third-order valence-corrected chi connectivity index (χ3v) is 4.97. The van der Waals surface area contributed by atoms with Gasteiger partial charge in [-0.15, -0.1) is 0 Å². The number of benzene rings is 2. The molecular formula is C21H20FN3O3. The van der Waals surface area contributed by atoms with E-state index in [2.05, 4.69) is 10.2 Å². The Kier molecular flexibility index (Phi) is 4.50. The molecule has 1 aliphatic heterocycles. The van der Waals surface area contributed by atoms with Crippen LogP contribution in [-0.4, -0.2) is 39.8 Å². The molecule has 7 heteroatoms. The van der Waals surface area contributed by atoms with Crippen LogP contribution in [0, 0.1) is 5.82 Å². The highest BCUT2D eigenvalue weighted by Gasteiger charge is 2.41. The predicted molar refractivity (Wildman–Crippen MR) is 102 cm³/mol. The fourth-order valence-corrected chi connectivity index (χ4v) is 3.71. The van der Waals surface area contributed by atoms with Gasteiger partial charge in [0.25, 0.3) is 5.91 Å². The van der Waals surface area contributed by atoms with Gasteiger partial charge in [-0.1, -0.05) is 13.0 Å². The minimum absolute atomic E-state index is 0.0313. The van der Waals surface area contributed by atoms with Crippen molar-refractivity contribution in [2.45, 2.75) is 19.4 Å². The molecular weight excluding hydrogens is 361 g/mol. The normalized spacial score (nSPS) is 15.8. The van der Waals surface area contributed by atoms with Crippen LogP contribution in [0.15, 0.2) is 42.5 Å². The molecule has 0 fully saturated rings. The number of rotatable bonds is 5. The van der Waals surface area contributed by atoms with Crippen molar-refractivity contribution in [3.05, 3.63) is 65.1 Å². The van der Waals surface area contributed by atoms with Gasteiger partial charge >= 0.3 is 0 Å². The minimum Gasteiger partial charge on any atom is -0.504 e. The van der Waals surface area contributed by atoms with E-state index in [1.165, 1.54) is 19.2 Å². The molecule has 28 heavy (non-hydrogen) atoms. The average molecular weight is 381 g/mol. The second kappa shape index (κ2) is 6.99. The molecule has 1 aromatic heterocycles. The van der Waals surface area contributed by atoms with Crippen LogP contribution in [0.3, 0.4) is 0 Å². The molecule has 3 aromatic rings. The molecule has 2 N–H and O–H groups in total. The Hall–Kier alpha value is -3.35. The van der Waals surface area contributed by atoms with Gasteiger partial charge in [-0.2, -0.15) is 5.10 Å². The summed E-state index contributed by atoms with van der Waals surface area (Å²) in [6.07, 6.45) is 0.793. The monoisotopic (exact) mass is 381 g/mol. The van der Waals surface area contributed by atoms with Gasteiger partial charge in [0, 0.05) is 17.7 Å². The maximum absolute atomic E-state index is 13.4. The largest absolute Gasteiger partial charge is 0.504 e. The van der Waals surface area contributed by atoms with E-state index < -0.39 is 0 Å². The lowest BCUT2D eigenvalue weighted by Crippen LogP contribution is -2.30. The van der Waals surface area contributed by atoms with E-state index in [0.717, 1.165) is 23.1 Å². The highest BCUT2D eigenvalue weighted by molar-refractivity contribution is 6.00. The number of carbonyl (C=O) groups excluding carboxylic acids is 1. The first-order valence-electron chi connectivity index (χ1n) is 9.07. The topological polar surface area (TPSA) is 78.5 Å². The van der Waals surface area contributed by atoms with Crippen molar-refractivity contribution < 1.29 is 19.0 Å². The van der Waals surface area contributed by atoms with E-state index in [4.69, 9.17) is 4.74 Å². The van der Waals surface area contributed by atoms with Gasteiger partial charge < -0.3 is 14.7 Å². The van der Waals surface area contributed by atoms with Crippen LogP contribution in [-0.2, 0) is 0 Å². The number of fused-ring (bicyclic) bond motifs is 1. The fraction of sp³-hybridized carbons (Fsp3) is 0.238. The van der Waals surface area contributed by atoms with E-state index in [0.29, 0.717) is 23.7 Å². The molecule has 6 nitrogen and oxygen atoms in total. The summed E-state index contributed by atoms with van der Waals surface area (Å²) < 4.78 is 18.6. The number of H-pyrrole nitrogens is 1. The molecule has 1 aliphatic rings. The Morgan fingerprint density at radius 2 is 2.00 bits per heavy atom. The molecule has 0 spiro atoms. The van der Waals surface area contributed by atoms with Crippen molar-refractivity contribution in [1.82, 2.24) is 15.1 Å². The number of hydrogen-bond donors (Lipinski definition) is 2. The second-order valence-corrected chi connectivity index (χ2v) is 6.70. The number of aromatic nitrogens is 2. The highest BCUT2D eigenvalue weighted by Crippen LogP contribution is 2.44. The first-order chi connectivity index (χ1) is 13.5. The van der Waals surface area contributed by atoms with Gasteiger partial charge in [0.05, 0.1) is 18.8 Å². The van der Waals surface area contributed by atoms with E-state index in [9.17, 15) is 14.3 Å². The third kappa shape index (κ3) is 2.79. The minimum atomic E-state index is -0.379. The number of halogens is 1. The number of phenolic OH excluding ortho intramolecular Hbond substituents is 1. The molecule has 2 heterocycles. The molecule has 0 unspecified atom stereocenters. The molecule has 0 bridgehead atoms. The second-order valence-electron chi connectivity index (χ2n) is 6.70. The van der Waals surface area contributed by atoms with Gasteiger partial charge in [-0.25, -0.2) is 4.39 Å². The van der Waals surface area contributed by atoms with E-state index in [1.807, 2.05) is 6.92 Å². The Balaban J connectivity index is 1.89. The van der Waals surface area contributed by atoms with Crippen LogP contribution in [0.4, 0.5) is 4.39 Å². The molecule has 2 aromatic carbocycles. The summed E-state index contributed by atoms with van der Waals surface area (Å²) in [5.41, 5.74) is 3.32. The number of nitrogens with one attached hydrogen (secondary N) is 1. The van der Waals surface area contributed by atoms with Crippen LogP contribution in [0.1, 0.15) is 41.0 Å². The number of phenols is 1. The lowest BCUT2D eigenvalue weighted by Gasteiger charge is -2.26. The zero-order valence-electron chi connectivity index (χ0n) is 15.6. The Morgan fingerprint density at radius 3 is 2.68 bits per heavy atom. The summed E-state index contributed by atoms with van der Waals surface area (Å²) in [6, 6.07) is 10.7. The fourth-order valence-electron chi connectivity index (χ4n) is 3.71. The smallest absolute Gasteiger partial charge is 0.273 e. The molecule has 0 saturated carbocycles. The number of amides is 1. The number of methoxy groups -OCH3 is 1. The summed E-state index contributed by atoms with van der Waals surface area (Å²) in [5.74, 6) is -0.0975. The third-order valence-electron chi connectivity index (χ3n) is 4.97. The zero-order valence-corrected chi connectivity index (χ0v) is 15.6. The SMILES string of the molecule is CCCN1C(=O)c2[nH]nc(-c3ccc(F)cc3)c2[C@@H]1c1ccc(O)c(OC)c1. The standard InChI is InChI=1S/C21H20FN3O3/c1-3-10-25-20(13-6-9-15(26)16(11-13)28-2)17-18(23-24-19(17)21(25)27)12-4-7-14(22)8-5-12/h4-9,11,20,26H,3,10H2,1-2H3,(H,23,24)/t20-/m0/s1. The Morgan fingerprint density at radius 1 is 1.25 bits per heavy atom. The van der Waals surface area contributed by atoms with Crippen molar-refractivity contribution in [3.8, 4) is 22.8 Å². The summed E-state index contributed by atoms with van der Waals surface area (Å²) in [4.78, 5) is 14.8. The molecule has 0 aliphatic carbocycles. The Labute approximate surface area is 161 Å². The van der Waals surface area contributed by atoms with E-state index in [-0.39, 0.29) is 23.5 Å². The van der Waals surface area contributed by atoms with Gasteiger partial charge in [0.1, 0.15) is 11.5 Å². The number of carbonyl (C=O) groups is 1. The predicted octanol–water partition coefficient (Wildman–Crippen LogP) is 3.89. The number of aromatic hydroxyl groups is 1. The number of ether oxygens (including phenoxy) is 1. The quantitative estimate of drug-likeness (QED) is 0.703. The van der Waals surface area contributed by atoms with Crippen molar-refractivity contribution in [1.29, 1.82) is 0 Å². The van der Waals surface area contributed by atoms with E-state index in [1.54, 1.807) is 35.2 Å². The van der Waals surface area contributed by atoms with Gasteiger partial charge in [-0.05, 0) is 48.4 Å². The lowest BCUT2D eigenvalue weighted by molar-refractivity contribution is 0.0744. The van der Waals surface area contributed by atoms with Crippen LogP contribution in [0.2, 0.25) is 0 Å². The average Bonchev–Trinajstić information content (AvgIpc) is 3.23. The lowest BCUT2D eigenvalue weighted by atomic mass is 9.95. The first-order valence-corrected chi connectivity index (χ1v) is 9.07. The summed E-state index contributed by atoms with van der Waals surface area (Å²) in [7, 11) is 1.48. The van der Waals surface area contributed by atoms with Crippen molar-refractivity contribution >= 4 is 5.91 Å². The van der Waals surface area contributed by atoms with Gasteiger partial charge in [0.15, 0.2) is 11.5 Å². The number of aromatic amines is 1. The van der Waals surface area contributed by atoms with Gasteiger partial charge in [0.2, 0.25) is 0 Å². The maximum atomic E-state index is 13.4. The van der Waals surface area contributed by atoms with Gasteiger partial charge in [-0.3, -0.25) is 9.89 Å². The highest BCUT2D eigenvalue weighted by atomic mass is 19.1. The number of nitrogens with zero attached hydrogens (tertiary/aromatic N) is 2. The van der Waals surface area contributed by atoms with Crippen LogP contribution < -0.4 is 4.74 Å². The molecule has 144 valence electrons. The van der Waals surface area contributed by atoms with Crippen LogP contribution >= 0.6 is 0 Å². The van der Waals surface area contributed by atoms with Crippen LogP contribution in [0.25, 0.3) is 11.3 Å². The molecule has 1 atom stereocenters. The van der Waals surface area contributed by atoms with Crippen LogP contribution in [0.5, 0.6) is 11.5 Å². The van der Waals surface area contributed by atoms with Crippen molar-refractivity contribution in [2.75, 3.05) is 13.7 Å². The molecule has 4 rings (SSSR count). The van der Waals surface area contributed by atoms with Crippen molar-refractivity contribution in [2.24, 2.45) is 0 Å². The summed E-state index contributed by atoms with van der Waals surface area (Å²) in [6.45, 7) is 2.58. The maximum Gasteiger partial charge on any atom is 0.273 e. The molecule has 0 radical (unpaired) electrons. The molecule has 0 saturated heterocycles. The van der Waals surface area contributed by atoms with Crippen molar-refractivity contribution in [3.63, 3.8) is 0 Å². The Bertz CT molecular complexity index is 1030.